The summed E-state index contributed by atoms with van der Waals surface area (Å²) in [5, 5.41) is 0. The molecule has 0 atom stereocenters. The topological polar surface area (TPSA) is 20.3 Å². The van der Waals surface area contributed by atoms with Crippen molar-refractivity contribution in [2.45, 2.75) is 50.8 Å². The van der Waals surface area contributed by atoms with E-state index in [2.05, 4.69) is 0 Å². The number of halogens is 1. The van der Waals surface area contributed by atoms with Gasteiger partial charge < -0.3 is 4.90 Å². The average molecular weight is 306 g/mol. The van der Waals surface area contributed by atoms with Crippen molar-refractivity contribution in [2.24, 2.45) is 5.41 Å². The van der Waals surface area contributed by atoms with Crippen molar-refractivity contribution in [3.8, 4) is 0 Å². The van der Waals surface area contributed by atoms with Crippen LogP contribution < -0.4 is 0 Å². The molecule has 1 aliphatic carbocycles. The van der Waals surface area contributed by atoms with Gasteiger partial charge in [-0.1, -0.05) is 31.4 Å². The molecule has 1 heterocycles. The van der Waals surface area contributed by atoms with Gasteiger partial charge in [-0.2, -0.15) is 0 Å². The smallest absolute Gasteiger partial charge is 0.253 e. The Hall–Kier alpha value is -1.02. The Kier molecular flexibility index (Phi) is 4.54. The van der Waals surface area contributed by atoms with E-state index in [4.69, 9.17) is 11.6 Å². The fourth-order valence-corrected chi connectivity index (χ4v) is 4.12. The van der Waals surface area contributed by atoms with Crippen molar-refractivity contribution in [2.75, 3.05) is 13.1 Å². The second-order valence-corrected chi connectivity index (χ2v) is 6.95. The number of carbonyl (C=O) groups is 1. The minimum Gasteiger partial charge on any atom is -0.339 e. The number of rotatable bonds is 2. The molecule has 1 spiro atoms. The number of nitrogens with zero attached hydrogens (tertiary/aromatic N) is 1. The molecule has 3 heteroatoms. The van der Waals surface area contributed by atoms with Crippen LogP contribution in [0.3, 0.4) is 0 Å². The van der Waals surface area contributed by atoms with Crippen molar-refractivity contribution in [1.29, 1.82) is 0 Å². The third-order valence-corrected chi connectivity index (χ3v) is 5.66. The molecule has 1 amide bonds. The molecule has 0 aromatic heterocycles. The number of benzene rings is 1. The number of carbonyl (C=O) groups excluding carboxylic acids is 1. The number of amides is 1. The molecule has 1 saturated carbocycles. The van der Waals surface area contributed by atoms with E-state index in [9.17, 15) is 4.79 Å². The first-order valence-electron chi connectivity index (χ1n) is 8.17. The zero-order valence-corrected chi connectivity index (χ0v) is 13.4. The Bertz CT molecular complexity index is 498. The molecule has 1 saturated heterocycles. The van der Waals surface area contributed by atoms with Crippen LogP contribution in [0.5, 0.6) is 0 Å². The fourth-order valence-electron chi connectivity index (χ4n) is 3.96. The predicted molar refractivity (Wildman–Crippen MR) is 86.7 cm³/mol. The van der Waals surface area contributed by atoms with Gasteiger partial charge in [-0.05, 0) is 48.8 Å². The molecule has 21 heavy (non-hydrogen) atoms. The third-order valence-electron chi connectivity index (χ3n) is 5.35. The molecule has 0 radical (unpaired) electrons. The molecule has 0 N–H and O–H groups in total. The molecule has 0 unspecified atom stereocenters. The van der Waals surface area contributed by atoms with Gasteiger partial charge in [-0.15, -0.1) is 11.6 Å². The van der Waals surface area contributed by atoms with E-state index in [1.54, 1.807) is 0 Å². The Morgan fingerprint density at radius 3 is 2.48 bits per heavy atom. The Labute approximate surface area is 132 Å². The highest BCUT2D eigenvalue weighted by molar-refractivity contribution is 6.17. The van der Waals surface area contributed by atoms with Crippen molar-refractivity contribution >= 4 is 17.5 Å². The molecule has 114 valence electrons. The first kappa shape index (κ1) is 14.9. The third kappa shape index (κ3) is 3.26. The van der Waals surface area contributed by atoms with Crippen LogP contribution in [0, 0.1) is 5.41 Å². The van der Waals surface area contributed by atoms with Gasteiger partial charge in [0.15, 0.2) is 0 Å². The summed E-state index contributed by atoms with van der Waals surface area (Å²) in [7, 11) is 0. The number of likely N-dealkylation sites (tertiary alicyclic amines) is 1. The van der Waals surface area contributed by atoms with Crippen LogP contribution in [-0.4, -0.2) is 23.9 Å². The lowest BCUT2D eigenvalue weighted by Crippen LogP contribution is -2.43. The number of piperidine rings is 1. The summed E-state index contributed by atoms with van der Waals surface area (Å²) in [5.74, 6) is 0.636. The first-order valence-corrected chi connectivity index (χ1v) is 8.70. The van der Waals surface area contributed by atoms with Gasteiger partial charge in [0.1, 0.15) is 0 Å². The van der Waals surface area contributed by atoms with Crippen molar-refractivity contribution in [1.82, 2.24) is 4.90 Å². The number of hydrogen-bond acceptors (Lipinski definition) is 1. The van der Waals surface area contributed by atoms with Gasteiger partial charge in [0.2, 0.25) is 0 Å². The maximum atomic E-state index is 12.6. The molecule has 0 bridgehead atoms. The normalized spacial score (nSPS) is 21.5. The standard InChI is InChI=1S/C18H24ClNO/c19-14-15-5-4-6-16(13-15)17(21)20-11-9-18(10-12-20)7-2-1-3-8-18/h4-6,13H,1-3,7-12,14H2. The minimum atomic E-state index is 0.174. The zero-order chi connectivity index (χ0) is 14.7. The lowest BCUT2D eigenvalue weighted by Gasteiger charge is -2.44. The molecule has 1 aromatic carbocycles. The summed E-state index contributed by atoms with van der Waals surface area (Å²) >= 11 is 5.86. The van der Waals surface area contributed by atoms with Crippen LogP contribution in [0.4, 0.5) is 0 Å². The van der Waals surface area contributed by atoms with Gasteiger partial charge in [0.25, 0.3) is 5.91 Å². The second-order valence-electron chi connectivity index (χ2n) is 6.69. The highest BCUT2D eigenvalue weighted by Crippen LogP contribution is 2.44. The summed E-state index contributed by atoms with van der Waals surface area (Å²) in [6.07, 6.45) is 9.28. The van der Waals surface area contributed by atoms with E-state index in [1.807, 2.05) is 29.2 Å². The van der Waals surface area contributed by atoms with E-state index in [-0.39, 0.29) is 5.91 Å². The monoisotopic (exact) mass is 305 g/mol. The van der Waals surface area contributed by atoms with Gasteiger partial charge >= 0.3 is 0 Å². The summed E-state index contributed by atoms with van der Waals surface area (Å²) < 4.78 is 0. The molecular weight excluding hydrogens is 282 g/mol. The lowest BCUT2D eigenvalue weighted by molar-refractivity contribution is 0.0472. The van der Waals surface area contributed by atoms with Crippen LogP contribution in [-0.2, 0) is 5.88 Å². The predicted octanol–water partition coefficient (Wildman–Crippen LogP) is 4.61. The van der Waals surface area contributed by atoms with E-state index in [0.29, 0.717) is 11.3 Å². The highest BCUT2D eigenvalue weighted by atomic mass is 35.5. The molecule has 1 aliphatic heterocycles. The highest BCUT2D eigenvalue weighted by Gasteiger charge is 2.36. The van der Waals surface area contributed by atoms with Gasteiger partial charge in [0.05, 0.1) is 0 Å². The van der Waals surface area contributed by atoms with E-state index < -0.39 is 0 Å². The van der Waals surface area contributed by atoms with Gasteiger partial charge in [-0.25, -0.2) is 0 Å². The van der Waals surface area contributed by atoms with Crippen LogP contribution in [0.1, 0.15) is 60.9 Å². The molecule has 1 aromatic rings. The van der Waals surface area contributed by atoms with Crippen molar-refractivity contribution < 1.29 is 4.79 Å². The Balaban J connectivity index is 1.64. The van der Waals surface area contributed by atoms with Crippen LogP contribution >= 0.6 is 11.6 Å². The van der Waals surface area contributed by atoms with E-state index in [1.165, 1.54) is 44.9 Å². The first-order chi connectivity index (χ1) is 10.2. The molecule has 2 aliphatic rings. The molecule has 2 nitrogen and oxygen atoms in total. The largest absolute Gasteiger partial charge is 0.339 e. The van der Waals surface area contributed by atoms with Crippen LogP contribution in [0.25, 0.3) is 0 Å². The van der Waals surface area contributed by atoms with Gasteiger partial charge in [0, 0.05) is 24.5 Å². The number of hydrogen-bond donors (Lipinski definition) is 0. The van der Waals surface area contributed by atoms with Gasteiger partial charge in [-0.3, -0.25) is 4.79 Å². The van der Waals surface area contributed by atoms with Crippen molar-refractivity contribution in [3.05, 3.63) is 35.4 Å². The summed E-state index contributed by atoms with van der Waals surface area (Å²) in [6, 6.07) is 7.73. The zero-order valence-electron chi connectivity index (χ0n) is 12.6. The summed E-state index contributed by atoms with van der Waals surface area (Å²) in [4.78, 5) is 14.7. The second kappa shape index (κ2) is 6.39. The average Bonchev–Trinajstić information content (AvgIpc) is 2.56. The number of alkyl halides is 1. The Morgan fingerprint density at radius 1 is 1.10 bits per heavy atom. The van der Waals surface area contributed by atoms with Crippen LogP contribution in [0.2, 0.25) is 0 Å². The fraction of sp³-hybridized carbons (Fsp3) is 0.611. The molecule has 3 rings (SSSR count). The van der Waals surface area contributed by atoms with E-state index in [0.717, 1.165) is 24.2 Å². The van der Waals surface area contributed by atoms with Crippen molar-refractivity contribution in [3.63, 3.8) is 0 Å². The molecule has 2 fully saturated rings. The maximum absolute atomic E-state index is 12.6. The minimum absolute atomic E-state index is 0.174. The SMILES string of the molecule is O=C(c1cccc(CCl)c1)N1CCC2(CCCCC2)CC1. The lowest BCUT2D eigenvalue weighted by atomic mass is 9.68. The quantitative estimate of drug-likeness (QED) is 0.731. The summed E-state index contributed by atoms with van der Waals surface area (Å²) in [5.41, 5.74) is 2.35. The Morgan fingerprint density at radius 2 is 1.81 bits per heavy atom. The van der Waals surface area contributed by atoms with Crippen LogP contribution in [0.15, 0.2) is 24.3 Å². The summed E-state index contributed by atoms with van der Waals surface area (Å²) in [6.45, 7) is 1.84. The van der Waals surface area contributed by atoms with E-state index >= 15 is 0 Å². The molecular formula is C18H24ClNO. The maximum Gasteiger partial charge on any atom is 0.253 e.